The van der Waals surface area contributed by atoms with Crippen molar-refractivity contribution in [2.24, 2.45) is 0 Å². The van der Waals surface area contributed by atoms with Gasteiger partial charge in [0.25, 0.3) is 5.91 Å². The lowest BCUT2D eigenvalue weighted by Crippen LogP contribution is -2.12. The van der Waals surface area contributed by atoms with Crippen molar-refractivity contribution in [3.8, 4) is 10.4 Å². The van der Waals surface area contributed by atoms with Gasteiger partial charge in [0.15, 0.2) is 0 Å². The van der Waals surface area contributed by atoms with Gasteiger partial charge in [-0.05, 0) is 23.1 Å². The first-order chi connectivity index (χ1) is 11.2. The summed E-state index contributed by atoms with van der Waals surface area (Å²) in [5, 5.41) is 4.63. The number of hydrogen-bond acceptors (Lipinski definition) is 5. The van der Waals surface area contributed by atoms with Gasteiger partial charge in [-0.3, -0.25) is 4.79 Å². The Bertz CT molecular complexity index is 823. The highest BCUT2D eigenvalue weighted by molar-refractivity contribution is 7.18. The third-order valence-electron chi connectivity index (χ3n) is 3.15. The molecule has 0 fully saturated rings. The topological polar surface area (TPSA) is 55.4 Å². The summed E-state index contributed by atoms with van der Waals surface area (Å²) in [4.78, 5) is 26.1. The molecule has 0 aliphatic heterocycles. The van der Waals surface area contributed by atoms with Gasteiger partial charge in [0.2, 0.25) is 0 Å². The molecular formula is C17H13NO3S2. The van der Waals surface area contributed by atoms with Crippen LogP contribution in [-0.4, -0.2) is 19.0 Å². The monoisotopic (exact) mass is 343 g/mol. The number of carbonyl (C=O) groups excluding carboxylic acids is 2. The van der Waals surface area contributed by atoms with Gasteiger partial charge >= 0.3 is 5.97 Å². The van der Waals surface area contributed by atoms with Crippen LogP contribution >= 0.6 is 22.7 Å². The van der Waals surface area contributed by atoms with Crippen LogP contribution in [0.2, 0.25) is 0 Å². The fourth-order valence-corrected chi connectivity index (χ4v) is 3.72. The van der Waals surface area contributed by atoms with Gasteiger partial charge in [-0.1, -0.05) is 36.4 Å². The number of anilines is 1. The third-order valence-corrected chi connectivity index (χ3v) is 5.19. The van der Waals surface area contributed by atoms with Gasteiger partial charge in [-0.2, -0.15) is 0 Å². The van der Waals surface area contributed by atoms with Crippen LogP contribution in [0.1, 0.15) is 19.3 Å². The molecule has 0 unspecified atom stereocenters. The second kappa shape index (κ2) is 6.76. The number of thiophene rings is 2. The second-order valence-corrected chi connectivity index (χ2v) is 6.64. The first-order valence-electron chi connectivity index (χ1n) is 6.81. The van der Waals surface area contributed by atoms with Crippen molar-refractivity contribution >= 4 is 40.2 Å². The summed E-state index contributed by atoms with van der Waals surface area (Å²) >= 11 is 2.65. The molecule has 3 rings (SSSR count). The lowest BCUT2D eigenvalue weighted by Gasteiger charge is -2.03. The van der Waals surface area contributed by atoms with Crippen LogP contribution < -0.4 is 5.32 Å². The largest absolute Gasteiger partial charge is 0.465 e. The lowest BCUT2D eigenvalue weighted by atomic mass is 10.2. The fourth-order valence-electron chi connectivity index (χ4n) is 2.06. The average molecular weight is 343 g/mol. The summed E-state index contributed by atoms with van der Waals surface area (Å²) in [6, 6.07) is 15.0. The number of nitrogens with one attached hydrogen (secondary N) is 1. The Hall–Kier alpha value is -2.44. The van der Waals surface area contributed by atoms with E-state index in [0.717, 1.165) is 10.4 Å². The van der Waals surface area contributed by atoms with Crippen LogP contribution in [0.4, 0.5) is 5.69 Å². The van der Waals surface area contributed by atoms with E-state index in [0.29, 0.717) is 15.4 Å². The molecule has 23 heavy (non-hydrogen) atoms. The number of amides is 1. The van der Waals surface area contributed by atoms with Gasteiger partial charge in [0.1, 0.15) is 4.88 Å². The SMILES string of the molecule is COC(=O)c1sc(-c2ccccc2)cc1NC(=O)c1cccs1. The molecule has 0 spiro atoms. The first kappa shape index (κ1) is 15.5. The molecule has 0 radical (unpaired) electrons. The highest BCUT2D eigenvalue weighted by Crippen LogP contribution is 2.35. The molecule has 0 aliphatic carbocycles. The van der Waals surface area contributed by atoms with Crippen LogP contribution in [0.15, 0.2) is 53.9 Å². The van der Waals surface area contributed by atoms with Gasteiger partial charge in [0, 0.05) is 4.88 Å². The molecule has 1 amide bonds. The Kier molecular flexibility index (Phi) is 4.55. The Balaban J connectivity index is 1.96. The van der Waals surface area contributed by atoms with E-state index in [1.54, 1.807) is 12.1 Å². The fraction of sp³-hybridized carbons (Fsp3) is 0.0588. The van der Waals surface area contributed by atoms with Crippen molar-refractivity contribution < 1.29 is 14.3 Å². The predicted molar refractivity (Wildman–Crippen MR) is 93.4 cm³/mol. The van der Waals surface area contributed by atoms with Crippen molar-refractivity contribution in [1.29, 1.82) is 0 Å². The van der Waals surface area contributed by atoms with Crippen molar-refractivity contribution in [2.75, 3.05) is 12.4 Å². The van der Waals surface area contributed by atoms with E-state index in [4.69, 9.17) is 4.74 Å². The van der Waals surface area contributed by atoms with Gasteiger partial charge in [-0.15, -0.1) is 22.7 Å². The number of methoxy groups -OCH3 is 1. The third kappa shape index (κ3) is 3.33. The maximum absolute atomic E-state index is 12.2. The molecule has 2 aromatic heterocycles. The van der Waals surface area contributed by atoms with Gasteiger partial charge in [-0.25, -0.2) is 4.79 Å². The standard InChI is InChI=1S/C17H13NO3S2/c1-21-17(20)15-12(18-16(19)13-8-5-9-22-13)10-14(23-15)11-6-3-2-4-7-11/h2-10H,1H3,(H,18,19). The minimum Gasteiger partial charge on any atom is -0.465 e. The van der Waals surface area contributed by atoms with E-state index in [1.165, 1.54) is 29.8 Å². The van der Waals surface area contributed by atoms with E-state index in [9.17, 15) is 9.59 Å². The molecule has 2 heterocycles. The van der Waals surface area contributed by atoms with E-state index in [2.05, 4.69) is 5.32 Å². The summed E-state index contributed by atoms with van der Waals surface area (Å²) in [6.45, 7) is 0. The molecule has 4 nitrogen and oxygen atoms in total. The molecule has 3 aromatic rings. The van der Waals surface area contributed by atoms with Crippen LogP contribution in [0.3, 0.4) is 0 Å². The second-order valence-electron chi connectivity index (χ2n) is 4.64. The summed E-state index contributed by atoms with van der Waals surface area (Å²) in [7, 11) is 1.33. The van der Waals surface area contributed by atoms with E-state index >= 15 is 0 Å². The Labute approximate surface area is 141 Å². The summed E-state index contributed by atoms with van der Waals surface area (Å²) in [5.74, 6) is -0.693. The molecular weight excluding hydrogens is 330 g/mol. The zero-order valence-corrected chi connectivity index (χ0v) is 13.9. The normalized spacial score (nSPS) is 10.3. The van der Waals surface area contributed by atoms with Crippen molar-refractivity contribution in [2.45, 2.75) is 0 Å². The average Bonchev–Trinajstić information content (AvgIpc) is 3.25. The molecule has 6 heteroatoms. The first-order valence-corrected chi connectivity index (χ1v) is 8.51. The number of carbonyl (C=O) groups is 2. The van der Waals surface area contributed by atoms with Crippen LogP contribution in [0.5, 0.6) is 0 Å². The zero-order valence-electron chi connectivity index (χ0n) is 12.2. The van der Waals surface area contributed by atoms with Crippen molar-refractivity contribution in [3.63, 3.8) is 0 Å². The molecule has 1 aromatic carbocycles. The van der Waals surface area contributed by atoms with Crippen LogP contribution in [0.25, 0.3) is 10.4 Å². The maximum atomic E-state index is 12.2. The molecule has 0 saturated heterocycles. The highest BCUT2D eigenvalue weighted by atomic mass is 32.1. The van der Waals surface area contributed by atoms with Crippen molar-refractivity contribution in [1.82, 2.24) is 0 Å². The molecule has 0 aliphatic rings. The van der Waals surface area contributed by atoms with Crippen molar-refractivity contribution in [3.05, 3.63) is 63.7 Å². The summed E-state index contributed by atoms with van der Waals surface area (Å²) in [6.07, 6.45) is 0. The summed E-state index contributed by atoms with van der Waals surface area (Å²) in [5.41, 5.74) is 1.46. The minimum atomic E-state index is -0.460. The van der Waals surface area contributed by atoms with E-state index in [-0.39, 0.29) is 5.91 Å². The Morgan fingerprint density at radius 1 is 1.09 bits per heavy atom. The van der Waals surface area contributed by atoms with Gasteiger partial charge in [0.05, 0.1) is 17.7 Å². The number of benzene rings is 1. The Morgan fingerprint density at radius 3 is 2.52 bits per heavy atom. The minimum absolute atomic E-state index is 0.234. The highest BCUT2D eigenvalue weighted by Gasteiger charge is 2.20. The molecule has 0 saturated carbocycles. The lowest BCUT2D eigenvalue weighted by molar-refractivity contribution is 0.0607. The van der Waals surface area contributed by atoms with Gasteiger partial charge < -0.3 is 10.1 Å². The number of esters is 1. The summed E-state index contributed by atoms with van der Waals surface area (Å²) < 4.78 is 4.82. The smallest absolute Gasteiger partial charge is 0.350 e. The molecule has 0 bridgehead atoms. The number of hydrogen-bond donors (Lipinski definition) is 1. The van der Waals surface area contributed by atoms with Crippen LogP contribution in [-0.2, 0) is 4.74 Å². The number of rotatable bonds is 4. The maximum Gasteiger partial charge on any atom is 0.350 e. The van der Waals surface area contributed by atoms with Crippen LogP contribution in [0, 0.1) is 0 Å². The van der Waals surface area contributed by atoms with E-state index < -0.39 is 5.97 Å². The Morgan fingerprint density at radius 2 is 1.87 bits per heavy atom. The quantitative estimate of drug-likeness (QED) is 0.709. The predicted octanol–water partition coefficient (Wildman–Crippen LogP) is 4.52. The molecule has 0 atom stereocenters. The number of ether oxygens (including phenoxy) is 1. The molecule has 116 valence electrons. The zero-order chi connectivity index (χ0) is 16.2. The molecule has 1 N–H and O–H groups in total. The van der Waals surface area contributed by atoms with E-state index in [1.807, 2.05) is 41.8 Å².